The van der Waals surface area contributed by atoms with E-state index in [-0.39, 0.29) is 23.1 Å². The van der Waals surface area contributed by atoms with Gasteiger partial charge in [-0.2, -0.15) is 5.10 Å². The summed E-state index contributed by atoms with van der Waals surface area (Å²) >= 11 is 0. The lowest BCUT2D eigenvalue weighted by Crippen LogP contribution is -2.48. The molecule has 0 bridgehead atoms. The lowest BCUT2D eigenvalue weighted by atomic mass is 9.75. The first-order valence-electron chi connectivity index (χ1n) is 12.2. The topological polar surface area (TPSA) is 103 Å². The van der Waals surface area contributed by atoms with Crippen LogP contribution in [0.3, 0.4) is 0 Å². The normalized spacial score (nSPS) is 22.4. The average molecular weight is 526 g/mol. The molecule has 0 unspecified atom stereocenters. The quantitative estimate of drug-likeness (QED) is 0.419. The molecule has 1 aliphatic rings. The monoisotopic (exact) mass is 525 g/mol. The van der Waals surface area contributed by atoms with Gasteiger partial charge in [0.25, 0.3) is 0 Å². The minimum absolute atomic E-state index is 0.0755. The highest BCUT2D eigenvalue weighted by Crippen LogP contribution is 2.39. The number of aromatic nitrogens is 4. The van der Waals surface area contributed by atoms with Crippen molar-refractivity contribution in [1.29, 1.82) is 0 Å². The van der Waals surface area contributed by atoms with Crippen molar-refractivity contribution in [2.75, 3.05) is 6.26 Å². The van der Waals surface area contributed by atoms with Crippen LogP contribution in [0.2, 0.25) is 0 Å². The molecule has 10 heteroatoms. The number of sulfone groups is 1. The third kappa shape index (κ3) is 4.87. The molecule has 194 valence electrons. The van der Waals surface area contributed by atoms with E-state index in [1.165, 1.54) is 18.4 Å². The van der Waals surface area contributed by atoms with E-state index >= 15 is 0 Å². The second-order valence-corrected chi connectivity index (χ2v) is 12.4. The van der Waals surface area contributed by atoms with Gasteiger partial charge in [0.05, 0.1) is 28.2 Å². The standard InChI is InChI=1S/C27H29F2N5O2S/c1-15-8-21(28)26(22(29)9-15)24-5-4-19-14-32-25(34(19)33-24)12-18-13-31-7-6-20(18)17-10-16(2)27(23(30)11-17)37(3,35)36/h4-9,13-14,16-17,23,27H,10-12,30H2,1-3H3/t16-,17+,23+,27+/m0/s1. The molecular formula is C27H29F2N5O2S. The SMILES string of the molecule is Cc1cc(F)c(-c2ccc3cnc(Cc4cnccc4[C@H]4C[C@@H](N)[C@H](S(C)(=O)=O)[C@@H](C)C4)n3n2)c(F)c1. The van der Waals surface area contributed by atoms with Gasteiger partial charge in [0.2, 0.25) is 0 Å². The van der Waals surface area contributed by atoms with Crippen LogP contribution in [0.1, 0.15) is 48.2 Å². The number of fused-ring (bicyclic) bond motifs is 1. The third-order valence-electron chi connectivity index (χ3n) is 7.32. The number of nitrogens with zero attached hydrogens (tertiary/aromatic N) is 4. The molecule has 1 aliphatic carbocycles. The van der Waals surface area contributed by atoms with Gasteiger partial charge >= 0.3 is 0 Å². The van der Waals surface area contributed by atoms with Crippen molar-refractivity contribution in [3.8, 4) is 11.3 Å². The van der Waals surface area contributed by atoms with E-state index < -0.39 is 32.8 Å². The smallest absolute Gasteiger partial charge is 0.152 e. The number of benzene rings is 1. The van der Waals surface area contributed by atoms with E-state index in [1.807, 2.05) is 13.0 Å². The summed E-state index contributed by atoms with van der Waals surface area (Å²) in [5, 5.41) is 3.96. The molecule has 0 amide bonds. The van der Waals surface area contributed by atoms with Gasteiger partial charge in [-0.15, -0.1) is 0 Å². The van der Waals surface area contributed by atoms with E-state index in [0.717, 1.165) is 11.1 Å². The van der Waals surface area contributed by atoms with Gasteiger partial charge in [0, 0.05) is 31.1 Å². The predicted octanol–water partition coefficient (Wildman–Crippen LogP) is 4.22. The molecule has 0 spiro atoms. The van der Waals surface area contributed by atoms with Crippen LogP contribution in [0.25, 0.3) is 16.8 Å². The first-order valence-corrected chi connectivity index (χ1v) is 14.1. The maximum absolute atomic E-state index is 14.6. The average Bonchev–Trinajstić information content (AvgIpc) is 3.19. The Hall–Kier alpha value is -3.24. The number of imidazole rings is 1. The zero-order valence-corrected chi connectivity index (χ0v) is 21.7. The van der Waals surface area contributed by atoms with Gasteiger partial charge in [-0.1, -0.05) is 6.92 Å². The van der Waals surface area contributed by atoms with Gasteiger partial charge in [0.15, 0.2) is 9.84 Å². The molecule has 5 rings (SSSR count). The highest BCUT2D eigenvalue weighted by Gasteiger charge is 2.40. The summed E-state index contributed by atoms with van der Waals surface area (Å²) in [6.07, 6.45) is 8.06. The lowest BCUT2D eigenvalue weighted by molar-refractivity contribution is 0.308. The van der Waals surface area contributed by atoms with Crippen LogP contribution in [0.4, 0.5) is 8.78 Å². The molecule has 7 nitrogen and oxygen atoms in total. The van der Waals surface area contributed by atoms with Gasteiger partial charge in [0.1, 0.15) is 17.5 Å². The Bertz CT molecular complexity index is 1550. The second-order valence-electron chi connectivity index (χ2n) is 10.2. The Labute approximate surface area is 214 Å². The van der Waals surface area contributed by atoms with E-state index in [1.54, 1.807) is 42.2 Å². The van der Waals surface area contributed by atoms with Crippen LogP contribution in [0.5, 0.6) is 0 Å². The summed E-state index contributed by atoms with van der Waals surface area (Å²) in [4.78, 5) is 8.83. The van der Waals surface area contributed by atoms with Crippen molar-refractivity contribution < 1.29 is 17.2 Å². The molecule has 0 radical (unpaired) electrons. The van der Waals surface area contributed by atoms with Crippen LogP contribution in [0.15, 0.2) is 48.9 Å². The summed E-state index contributed by atoms with van der Waals surface area (Å²) in [7, 11) is -3.25. The third-order valence-corrected chi connectivity index (χ3v) is 9.12. The van der Waals surface area contributed by atoms with E-state index in [0.29, 0.717) is 36.2 Å². The first kappa shape index (κ1) is 25.4. The Kier molecular flexibility index (Phi) is 6.57. The molecule has 4 atom stereocenters. The zero-order chi connectivity index (χ0) is 26.5. The minimum Gasteiger partial charge on any atom is -0.326 e. The molecule has 37 heavy (non-hydrogen) atoms. The fourth-order valence-corrected chi connectivity index (χ4v) is 7.54. The number of hydrogen-bond acceptors (Lipinski definition) is 6. The van der Waals surface area contributed by atoms with E-state index in [9.17, 15) is 17.2 Å². The maximum Gasteiger partial charge on any atom is 0.152 e. The molecule has 1 fully saturated rings. The molecular weight excluding hydrogens is 496 g/mol. The maximum atomic E-state index is 14.6. The highest BCUT2D eigenvalue weighted by molar-refractivity contribution is 7.91. The van der Waals surface area contributed by atoms with Crippen molar-refractivity contribution in [1.82, 2.24) is 19.6 Å². The van der Waals surface area contributed by atoms with Gasteiger partial charge in [-0.05, 0) is 78.6 Å². The fourth-order valence-electron chi connectivity index (χ4n) is 5.84. The highest BCUT2D eigenvalue weighted by atomic mass is 32.2. The molecule has 1 aromatic carbocycles. The molecule has 1 saturated carbocycles. The van der Waals surface area contributed by atoms with E-state index in [2.05, 4.69) is 15.1 Å². The number of nitrogens with two attached hydrogens (primary N) is 1. The molecule has 4 aromatic rings. The molecule has 3 aromatic heterocycles. The molecule has 0 saturated heterocycles. The number of pyridine rings is 1. The Morgan fingerprint density at radius 3 is 2.51 bits per heavy atom. The lowest BCUT2D eigenvalue weighted by Gasteiger charge is -2.38. The number of rotatable bonds is 5. The summed E-state index contributed by atoms with van der Waals surface area (Å²) < 4.78 is 55.4. The van der Waals surface area contributed by atoms with Crippen molar-refractivity contribution >= 4 is 15.4 Å². The number of hydrogen-bond donors (Lipinski definition) is 1. The minimum atomic E-state index is -3.25. The zero-order valence-electron chi connectivity index (χ0n) is 20.9. The molecule has 3 heterocycles. The van der Waals surface area contributed by atoms with Crippen LogP contribution in [0, 0.1) is 24.5 Å². The summed E-state index contributed by atoms with van der Waals surface area (Å²) in [5.74, 6) is -0.750. The summed E-state index contributed by atoms with van der Waals surface area (Å²) in [6.45, 7) is 3.57. The van der Waals surface area contributed by atoms with Crippen molar-refractivity contribution in [2.45, 2.75) is 50.3 Å². The Balaban J connectivity index is 1.49. The van der Waals surface area contributed by atoms with Crippen LogP contribution >= 0.6 is 0 Å². The van der Waals surface area contributed by atoms with Crippen molar-refractivity contribution in [3.63, 3.8) is 0 Å². The van der Waals surface area contributed by atoms with Gasteiger partial charge in [-0.25, -0.2) is 26.7 Å². The molecule has 2 N–H and O–H groups in total. The predicted molar refractivity (Wildman–Crippen MR) is 138 cm³/mol. The second kappa shape index (κ2) is 9.57. The van der Waals surface area contributed by atoms with E-state index in [4.69, 9.17) is 5.73 Å². The first-order chi connectivity index (χ1) is 17.5. The number of halogens is 2. The summed E-state index contributed by atoms with van der Waals surface area (Å²) in [6, 6.07) is 7.37. The van der Waals surface area contributed by atoms with Crippen LogP contribution in [-0.4, -0.2) is 45.5 Å². The fraction of sp³-hybridized carbons (Fsp3) is 0.370. The number of aryl methyl sites for hydroxylation is 1. The Morgan fingerprint density at radius 2 is 1.84 bits per heavy atom. The van der Waals surface area contributed by atoms with Crippen LogP contribution < -0.4 is 5.73 Å². The van der Waals surface area contributed by atoms with Crippen LogP contribution in [-0.2, 0) is 16.3 Å². The van der Waals surface area contributed by atoms with Crippen molar-refractivity contribution in [3.05, 3.63) is 83.1 Å². The van der Waals surface area contributed by atoms with Gasteiger partial charge < -0.3 is 5.73 Å². The van der Waals surface area contributed by atoms with Gasteiger partial charge in [-0.3, -0.25) is 4.98 Å². The molecule has 0 aliphatic heterocycles. The van der Waals surface area contributed by atoms with Crippen molar-refractivity contribution in [2.24, 2.45) is 11.7 Å². The summed E-state index contributed by atoms with van der Waals surface area (Å²) in [5.41, 5.74) is 9.52. The Morgan fingerprint density at radius 1 is 1.11 bits per heavy atom. The largest absolute Gasteiger partial charge is 0.326 e.